The van der Waals surface area contributed by atoms with Gasteiger partial charge in [-0.15, -0.1) is 0 Å². The third-order valence-corrected chi connectivity index (χ3v) is 5.14. The zero-order valence-corrected chi connectivity index (χ0v) is 17.9. The molecule has 5 heterocycles. The molecule has 0 spiro atoms. The summed E-state index contributed by atoms with van der Waals surface area (Å²) >= 11 is 0. The number of fused-ring (bicyclic) bond motifs is 1. The highest BCUT2D eigenvalue weighted by atomic mass is 19.4. The number of carbonyl (C=O) groups excluding carboxylic acids is 1. The SMILES string of the molecule is O=C(NCc1cccnc1)c1cccc(-c2cnn(-c3nccc4nc(C(F)(F)F)ccc34)c2)n1. The maximum absolute atomic E-state index is 13.0. The van der Waals surface area contributed by atoms with Crippen molar-refractivity contribution >= 4 is 16.8 Å². The highest BCUT2D eigenvalue weighted by Crippen LogP contribution is 2.30. The lowest BCUT2D eigenvalue weighted by Crippen LogP contribution is -2.23. The third kappa shape index (κ3) is 4.69. The first-order chi connectivity index (χ1) is 16.9. The fourth-order valence-corrected chi connectivity index (χ4v) is 3.45. The molecule has 1 N–H and O–H groups in total. The van der Waals surface area contributed by atoms with E-state index in [9.17, 15) is 18.0 Å². The maximum atomic E-state index is 13.0. The number of nitrogens with one attached hydrogen (secondary N) is 1. The molecule has 35 heavy (non-hydrogen) atoms. The van der Waals surface area contributed by atoms with Crippen molar-refractivity contribution in [3.63, 3.8) is 0 Å². The first-order valence-corrected chi connectivity index (χ1v) is 10.4. The van der Waals surface area contributed by atoms with Crippen molar-refractivity contribution in [2.75, 3.05) is 0 Å². The molecule has 0 saturated heterocycles. The molecule has 8 nitrogen and oxygen atoms in total. The van der Waals surface area contributed by atoms with Gasteiger partial charge in [-0.3, -0.25) is 9.78 Å². The lowest BCUT2D eigenvalue weighted by Gasteiger charge is -2.09. The molecule has 5 rings (SSSR count). The van der Waals surface area contributed by atoms with Crippen molar-refractivity contribution < 1.29 is 18.0 Å². The number of alkyl halides is 3. The zero-order chi connectivity index (χ0) is 24.4. The summed E-state index contributed by atoms with van der Waals surface area (Å²) in [5.41, 5.74) is 1.36. The van der Waals surface area contributed by atoms with Gasteiger partial charge in [-0.2, -0.15) is 18.3 Å². The Morgan fingerprint density at radius 1 is 0.971 bits per heavy atom. The molecular formula is C24H16F3N7O. The predicted octanol–water partition coefficient (Wildman–Crippen LogP) is 4.22. The number of nitrogens with zero attached hydrogens (tertiary/aromatic N) is 6. The molecule has 0 aromatic carbocycles. The molecule has 0 aliphatic carbocycles. The fourth-order valence-electron chi connectivity index (χ4n) is 3.45. The Hall–Kier alpha value is -4.67. The van der Waals surface area contributed by atoms with Crippen molar-refractivity contribution in [3.05, 3.63) is 96.5 Å². The second-order valence-electron chi connectivity index (χ2n) is 7.52. The first-order valence-electron chi connectivity index (χ1n) is 10.4. The van der Waals surface area contributed by atoms with Crippen molar-refractivity contribution in [3.8, 4) is 17.1 Å². The third-order valence-electron chi connectivity index (χ3n) is 5.14. The van der Waals surface area contributed by atoms with E-state index < -0.39 is 11.9 Å². The summed E-state index contributed by atoms with van der Waals surface area (Å²) in [5, 5.41) is 7.50. The quantitative estimate of drug-likeness (QED) is 0.409. The molecule has 0 atom stereocenters. The van der Waals surface area contributed by atoms with E-state index in [1.54, 1.807) is 42.9 Å². The van der Waals surface area contributed by atoms with Gasteiger partial charge in [0.05, 0.1) is 17.4 Å². The number of halogens is 3. The minimum Gasteiger partial charge on any atom is -0.347 e. The first kappa shape index (κ1) is 22.1. The van der Waals surface area contributed by atoms with Crippen LogP contribution < -0.4 is 5.32 Å². The number of carbonyl (C=O) groups is 1. The highest BCUT2D eigenvalue weighted by Gasteiger charge is 2.32. The van der Waals surface area contributed by atoms with Gasteiger partial charge in [0.15, 0.2) is 5.82 Å². The van der Waals surface area contributed by atoms with Crippen molar-refractivity contribution in [2.45, 2.75) is 12.7 Å². The molecule has 5 aromatic rings. The van der Waals surface area contributed by atoms with Crippen LogP contribution in [-0.4, -0.2) is 35.6 Å². The zero-order valence-electron chi connectivity index (χ0n) is 17.9. The van der Waals surface area contributed by atoms with Crippen LogP contribution in [0.4, 0.5) is 13.2 Å². The maximum Gasteiger partial charge on any atom is 0.433 e. The molecule has 0 fully saturated rings. The monoisotopic (exact) mass is 475 g/mol. The molecule has 0 saturated carbocycles. The van der Waals surface area contributed by atoms with E-state index in [0.29, 0.717) is 29.0 Å². The summed E-state index contributed by atoms with van der Waals surface area (Å²) in [5.74, 6) is -0.0225. The van der Waals surface area contributed by atoms with E-state index in [1.807, 2.05) is 6.07 Å². The van der Waals surface area contributed by atoms with Gasteiger partial charge in [-0.1, -0.05) is 12.1 Å². The summed E-state index contributed by atoms with van der Waals surface area (Å²) in [4.78, 5) is 29.0. The van der Waals surface area contributed by atoms with Gasteiger partial charge in [0.1, 0.15) is 11.4 Å². The van der Waals surface area contributed by atoms with Crippen LogP contribution in [0, 0.1) is 0 Å². The van der Waals surface area contributed by atoms with E-state index in [0.717, 1.165) is 11.6 Å². The van der Waals surface area contributed by atoms with E-state index in [2.05, 4.69) is 30.4 Å². The van der Waals surface area contributed by atoms with E-state index in [4.69, 9.17) is 0 Å². The van der Waals surface area contributed by atoms with Crippen LogP contribution >= 0.6 is 0 Å². The Kier molecular flexibility index (Phi) is 5.65. The summed E-state index contributed by atoms with van der Waals surface area (Å²) < 4.78 is 40.5. The minimum atomic E-state index is -4.54. The van der Waals surface area contributed by atoms with E-state index in [-0.39, 0.29) is 17.1 Å². The van der Waals surface area contributed by atoms with Crippen LogP contribution in [0.15, 0.2) is 79.5 Å². The standard InChI is InChI=1S/C24H16F3N7O/c25-24(26,27)21-7-6-17-19(33-21)8-10-29-22(17)34-14-16(13-31-34)18-4-1-5-20(32-18)23(35)30-12-15-3-2-9-28-11-15/h1-11,13-14H,12H2,(H,30,35). The molecule has 174 valence electrons. The number of hydrogen-bond acceptors (Lipinski definition) is 6. The van der Waals surface area contributed by atoms with Gasteiger partial charge in [0.25, 0.3) is 5.91 Å². The van der Waals surface area contributed by atoms with Gasteiger partial charge < -0.3 is 5.32 Å². The van der Waals surface area contributed by atoms with E-state index >= 15 is 0 Å². The Labute approximate surface area is 196 Å². The molecular weight excluding hydrogens is 459 g/mol. The van der Waals surface area contributed by atoms with Gasteiger partial charge in [-0.05, 0) is 42.0 Å². The second kappa shape index (κ2) is 8.93. The molecule has 0 unspecified atom stereocenters. The molecule has 0 radical (unpaired) electrons. The Bertz CT molecular complexity index is 1520. The van der Waals surface area contributed by atoms with Crippen LogP contribution in [0.3, 0.4) is 0 Å². The lowest BCUT2D eigenvalue weighted by molar-refractivity contribution is -0.140. The van der Waals surface area contributed by atoms with Crippen LogP contribution in [-0.2, 0) is 12.7 Å². The molecule has 0 bridgehead atoms. The van der Waals surface area contributed by atoms with Crippen molar-refractivity contribution in [1.82, 2.24) is 35.0 Å². The smallest absolute Gasteiger partial charge is 0.347 e. The van der Waals surface area contributed by atoms with Gasteiger partial charge >= 0.3 is 6.18 Å². The molecule has 11 heteroatoms. The van der Waals surface area contributed by atoms with Crippen molar-refractivity contribution in [1.29, 1.82) is 0 Å². The predicted molar refractivity (Wildman–Crippen MR) is 120 cm³/mol. The fraction of sp³-hybridized carbons (Fsp3) is 0.0833. The van der Waals surface area contributed by atoms with Crippen LogP contribution in [0.2, 0.25) is 0 Å². The number of aromatic nitrogens is 6. The second-order valence-corrected chi connectivity index (χ2v) is 7.52. The summed E-state index contributed by atoms with van der Waals surface area (Å²) in [6, 6.07) is 12.3. The largest absolute Gasteiger partial charge is 0.433 e. The molecule has 5 aromatic heterocycles. The van der Waals surface area contributed by atoms with Gasteiger partial charge in [0, 0.05) is 42.3 Å². The lowest BCUT2D eigenvalue weighted by atomic mass is 10.2. The average molecular weight is 475 g/mol. The Balaban J connectivity index is 1.40. The Morgan fingerprint density at radius 3 is 2.66 bits per heavy atom. The summed E-state index contributed by atoms with van der Waals surface area (Å²) in [7, 11) is 0. The number of rotatable bonds is 5. The topological polar surface area (TPSA) is 98.5 Å². The van der Waals surface area contributed by atoms with E-state index in [1.165, 1.54) is 29.2 Å². The molecule has 1 amide bonds. The summed E-state index contributed by atoms with van der Waals surface area (Å²) in [6.07, 6.45) is 3.33. The van der Waals surface area contributed by atoms with Crippen LogP contribution in [0.25, 0.3) is 28.0 Å². The van der Waals surface area contributed by atoms with Gasteiger partial charge in [-0.25, -0.2) is 19.6 Å². The number of pyridine rings is 4. The number of hydrogen-bond donors (Lipinski definition) is 1. The van der Waals surface area contributed by atoms with Crippen LogP contribution in [0.5, 0.6) is 0 Å². The van der Waals surface area contributed by atoms with Crippen molar-refractivity contribution in [2.24, 2.45) is 0 Å². The average Bonchev–Trinajstić information content (AvgIpc) is 3.37. The molecule has 0 aliphatic heterocycles. The highest BCUT2D eigenvalue weighted by molar-refractivity contribution is 5.92. The minimum absolute atomic E-state index is 0.146. The van der Waals surface area contributed by atoms with Crippen LogP contribution in [0.1, 0.15) is 21.7 Å². The number of amides is 1. The normalized spacial score (nSPS) is 11.5. The summed E-state index contributed by atoms with van der Waals surface area (Å²) in [6.45, 7) is 0.313. The molecule has 0 aliphatic rings. The Morgan fingerprint density at radius 2 is 1.86 bits per heavy atom. The van der Waals surface area contributed by atoms with Gasteiger partial charge in [0.2, 0.25) is 0 Å².